The highest BCUT2D eigenvalue weighted by Crippen LogP contribution is 2.04. The van der Waals surface area contributed by atoms with Crippen molar-refractivity contribution in [3.05, 3.63) is 71.8 Å². The number of ether oxygens (including phenoxy) is 6. The average Bonchev–Trinajstić information content (AvgIpc) is 2.94. The van der Waals surface area contributed by atoms with Crippen LogP contribution in [0, 0.1) is 0 Å². The topological polar surface area (TPSA) is 89.5 Å². The summed E-state index contributed by atoms with van der Waals surface area (Å²) in [5, 5.41) is 0. The molecule has 0 fully saturated rings. The second-order valence-corrected chi connectivity index (χ2v) is 8.57. The van der Waals surface area contributed by atoms with Crippen molar-refractivity contribution in [2.75, 3.05) is 66.1 Å². The standard InChI is InChI=1S/C30H42O8/c31-29(37-25-23-35-21-19-33-17-15-27-9-3-1-4-10-27)13-7-8-14-30(32)38-26-24-36-22-20-34-18-16-28-11-5-2-6-12-28/h1-6,9-12H,7-8,13-26H2. The van der Waals surface area contributed by atoms with Crippen LogP contribution in [0.2, 0.25) is 0 Å². The van der Waals surface area contributed by atoms with Crippen LogP contribution in [0.25, 0.3) is 0 Å². The van der Waals surface area contributed by atoms with Gasteiger partial charge in [0.2, 0.25) is 0 Å². The summed E-state index contributed by atoms with van der Waals surface area (Å²) in [7, 11) is 0. The average molecular weight is 531 g/mol. The van der Waals surface area contributed by atoms with Gasteiger partial charge in [0.1, 0.15) is 13.2 Å². The summed E-state index contributed by atoms with van der Waals surface area (Å²) in [6, 6.07) is 20.3. The highest BCUT2D eigenvalue weighted by molar-refractivity contribution is 5.70. The summed E-state index contributed by atoms with van der Waals surface area (Å²) >= 11 is 0. The van der Waals surface area contributed by atoms with E-state index in [1.54, 1.807) is 0 Å². The minimum absolute atomic E-state index is 0.211. The van der Waals surface area contributed by atoms with Crippen LogP contribution in [0.5, 0.6) is 0 Å². The molecule has 0 bridgehead atoms. The van der Waals surface area contributed by atoms with E-state index in [-0.39, 0.29) is 38.0 Å². The molecule has 0 spiro atoms. The van der Waals surface area contributed by atoms with E-state index in [2.05, 4.69) is 24.3 Å². The molecule has 0 aliphatic rings. The largest absolute Gasteiger partial charge is 0.463 e. The number of hydrogen-bond acceptors (Lipinski definition) is 8. The lowest BCUT2D eigenvalue weighted by Gasteiger charge is -2.08. The van der Waals surface area contributed by atoms with Gasteiger partial charge in [0, 0.05) is 12.8 Å². The lowest BCUT2D eigenvalue weighted by molar-refractivity contribution is -0.147. The molecule has 0 aliphatic heterocycles. The first-order valence-electron chi connectivity index (χ1n) is 13.4. The van der Waals surface area contributed by atoms with Crippen molar-refractivity contribution in [3.63, 3.8) is 0 Å². The van der Waals surface area contributed by atoms with Gasteiger partial charge in [-0.1, -0.05) is 60.7 Å². The first kappa shape index (κ1) is 31.4. The molecule has 0 heterocycles. The predicted octanol–water partition coefficient (Wildman–Crippen LogP) is 4.19. The molecular weight excluding hydrogens is 488 g/mol. The molecule has 0 radical (unpaired) electrons. The van der Waals surface area contributed by atoms with Gasteiger partial charge in [0.05, 0.1) is 52.9 Å². The first-order chi connectivity index (χ1) is 18.7. The summed E-state index contributed by atoms with van der Waals surface area (Å²) in [6.07, 6.45) is 3.42. The minimum atomic E-state index is -0.291. The van der Waals surface area contributed by atoms with Crippen LogP contribution < -0.4 is 0 Å². The SMILES string of the molecule is O=C(CCCCC(=O)OCCOCCOCCc1ccccc1)OCCOCCOCCc1ccccc1. The molecule has 0 aromatic heterocycles. The van der Waals surface area contributed by atoms with Crippen LogP contribution in [0.15, 0.2) is 60.7 Å². The molecule has 8 heteroatoms. The predicted molar refractivity (Wildman–Crippen MR) is 144 cm³/mol. The Morgan fingerprint density at radius 3 is 1.18 bits per heavy atom. The van der Waals surface area contributed by atoms with Crippen LogP contribution in [0.4, 0.5) is 0 Å². The third-order valence-corrected chi connectivity index (χ3v) is 5.49. The molecular formula is C30H42O8. The van der Waals surface area contributed by atoms with Gasteiger partial charge in [0.15, 0.2) is 0 Å². The zero-order valence-electron chi connectivity index (χ0n) is 22.4. The van der Waals surface area contributed by atoms with Crippen molar-refractivity contribution in [1.29, 1.82) is 0 Å². The molecule has 0 aliphatic carbocycles. The van der Waals surface area contributed by atoms with Gasteiger partial charge in [-0.15, -0.1) is 0 Å². The smallest absolute Gasteiger partial charge is 0.305 e. The summed E-state index contributed by atoms with van der Waals surface area (Å²) in [6.45, 7) is 4.32. The molecule has 2 aromatic rings. The molecule has 210 valence electrons. The lowest BCUT2D eigenvalue weighted by atomic mass is 10.2. The Morgan fingerprint density at radius 1 is 0.447 bits per heavy atom. The highest BCUT2D eigenvalue weighted by atomic mass is 16.6. The number of carbonyl (C=O) groups is 2. The summed E-state index contributed by atoms with van der Waals surface area (Å²) in [5.74, 6) is -0.582. The van der Waals surface area contributed by atoms with E-state index in [1.807, 2.05) is 36.4 Å². The number of unbranched alkanes of at least 4 members (excludes halogenated alkanes) is 1. The Bertz CT molecular complexity index is 772. The number of hydrogen-bond donors (Lipinski definition) is 0. The van der Waals surface area contributed by atoms with Crippen LogP contribution in [-0.4, -0.2) is 78.0 Å². The van der Waals surface area contributed by atoms with E-state index < -0.39 is 0 Å². The molecule has 0 unspecified atom stereocenters. The zero-order valence-corrected chi connectivity index (χ0v) is 22.4. The van der Waals surface area contributed by atoms with Crippen LogP contribution in [0.1, 0.15) is 36.8 Å². The third kappa shape index (κ3) is 17.6. The number of benzene rings is 2. The zero-order chi connectivity index (χ0) is 26.9. The van der Waals surface area contributed by atoms with Crippen molar-refractivity contribution >= 4 is 11.9 Å². The van der Waals surface area contributed by atoms with E-state index in [9.17, 15) is 9.59 Å². The van der Waals surface area contributed by atoms with E-state index in [0.717, 1.165) is 12.8 Å². The van der Waals surface area contributed by atoms with E-state index in [0.29, 0.717) is 65.7 Å². The fourth-order valence-corrected chi connectivity index (χ4v) is 3.43. The van der Waals surface area contributed by atoms with Crippen molar-refractivity contribution in [1.82, 2.24) is 0 Å². The highest BCUT2D eigenvalue weighted by Gasteiger charge is 2.06. The van der Waals surface area contributed by atoms with Gasteiger partial charge in [-0.25, -0.2) is 0 Å². The normalized spacial score (nSPS) is 10.8. The van der Waals surface area contributed by atoms with Crippen molar-refractivity contribution in [3.8, 4) is 0 Å². The maximum Gasteiger partial charge on any atom is 0.305 e. The number of esters is 2. The summed E-state index contributed by atoms with van der Waals surface area (Å²) in [5.41, 5.74) is 2.49. The second kappa shape index (κ2) is 22.2. The fourth-order valence-electron chi connectivity index (χ4n) is 3.43. The Morgan fingerprint density at radius 2 is 0.789 bits per heavy atom. The van der Waals surface area contributed by atoms with Gasteiger partial charge in [-0.3, -0.25) is 9.59 Å². The van der Waals surface area contributed by atoms with Gasteiger partial charge < -0.3 is 28.4 Å². The van der Waals surface area contributed by atoms with E-state index in [1.165, 1.54) is 11.1 Å². The molecule has 2 rings (SSSR count). The quantitative estimate of drug-likeness (QED) is 0.156. The van der Waals surface area contributed by atoms with Gasteiger partial charge in [-0.05, 0) is 36.8 Å². The number of carbonyl (C=O) groups excluding carboxylic acids is 2. The molecule has 0 saturated heterocycles. The van der Waals surface area contributed by atoms with Gasteiger partial charge >= 0.3 is 11.9 Å². The van der Waals surface area contributed by atoms with Crippen LogP contribution in [0.3, 0.4) is 0 Å². The van der Waals surface area contributed by atoms with Crippen molar-refractivity contribution < 1.29 is 38.0 Å². The molecule has 2 aromatic carbocycles. The lowest BCUT2D eigenvalue weighted by Crippen LogP contribution is -2.14. The Labute approximate surface area is 226 Å². The molecule has 0 N–H and O–H groups in total. The third-order valence-electron chi connectivity index (χ3n) is 5.49. The molecule has 0 atom stereocenters. The number of rotatable bonds is 23. The van der Waals surface area contributed by atoms with E-state index in [4.69, 9.17) is 28.4 Å². The Balaban J connectivity index is 1.27. The molecule has 38 heavy (non-hydrogen) atoms. The van der Waals surface area contributed by atoms with Crippen LogP contribution in [-0.2, 0) is 50.9 Å². The van der Waals surface area contributed by atoms with E-state index >= 15 is 0 Å². The second-order valence-electron chi connectivity index (χ2n) is 8.57. The molecule has 8 nitrogen and oxygen atoms in total. The maximum absolute atomic E-state index is 11.8. The van der Waals surface area contributed by atoms with Crippen LogP contribution >= 0.6 is 0 Å². The monoisotopic (exact) mass is 530 g/mol. The molecule has 0 amide bonds. The first-order valence-corrected chi connectivity index (χ1v) is 13.4. The van der Waals surface area contributed by atoms with Crippen molar-refractivity contribution in [2.24, 2.45) is 0 Å². The van der Waals surface area contributed by atoms with Crippen molar-refractivity contribution in [2.45, 2.75) is 38.5 Å². The Kier molecular flexibility index (Phi) is 18.4. The summed E-state index contributed by atoms with van der Waals surface area (Å²) < 4.78 is 32.2. The molecule has 0 saturated carbocycles. The van der Waals surface area contributed by atoms with Gasteiger partial charge in [-0.2, -0.15) is 0 Å². The Hall–Kier alpha value is -2.78. The summed E-state index contributed by atoms with van der Waals surface area (Å²) in [4.78, 5) is 23.5. The maximum atomic E-state index is 11.8. The fraction of sp³-hybridized carbons (Fsp3) is 0.533. The minimum Gasteiger partial charge on any atom is -0.463 e. The van der Waals surface area contributed by atoms with Gasteiger partial charge in [0.25, 0.3) is 0 Å².